The highest BCUT2D eigenvalue weighted by molar-refractivity contribution is 9.10. The van der Waals surface area contributed by atoms with Gasteiger partial charge in [0.15, 0.2) is 5.82 Å². The first-order valence-electron chi connectivity index (χ1n) is 12.9. The predicted molar refractivity (Wildman–Crippen MR) is 151 cm³/mol. The molecule has 1 fully saturated rings. The van der Waals surface area contributed by atoms with E-state index in [0.717, 1.165) is 56.7 Å². The number of carbonyl (C=O) groups excluding carboxylic acids is 1. The zero-order chi connectivity index (χ0) is 27.1. The molecular weight excluding hydrogens is 544 g/mol. The Bertz CT molecular complexity index is 1280. The van der Waals surface area contributed by atoms with Crippen LogP contribution in [0.2, 0.25) is 0 Å². The van der Waals surface area contributed by atoms with Crippen LogP contribution < -0.4 is 10.4 Å². The van der Waals surface area contributed by atoms with E-state index in [1.807, 2.05) is 26.0 Å². The number of aromatic nitrogens is 3. The molecule has 1 amide bonds. The van der Waals surface area contributed by atoms with Gasteiger partial charge in [0.2, 0.25) is 5.82 Å². The van der Waals surface area contributed by atoms with Crippen LogP contribution in [-0.4, -0.2) is 69.9 Å². The van der Waals surface area contributed by atoms with Gasteiger partial charge >= 0.3 is 0 Å². The second-order valence-corrected chi connectivity index (χ2v) is 10.4. The Hall–Kier alpha value is -3.39. The van der Waals surface area contributed by atoms with E-state index in [4.69, 9.17) is 0 Å². The molecule has 3 heterocycles. The van der Waals surface area contributed by atoms with E-state index in [1.165, 1.54) is 11.8 Å². The molecule has 0 saturated carbocycles. The number of nitriles is 1. The van der Waals surface area contributed by atoms with Gasteiger partial charge < -0.3 is 4.90 Å². The molecule has 9 nitrogen and oxygen atoms in total. The maximum Gasteiger partial charge on any atom is 0.271 e. The molecule has 0 unspecified atom stereocenters. The number of rotatable bonds is 9. The minimum absolute atomic E-state index is 0.0271. The van der Waals surface area contributed by atoms with Crippen molar-refractivity contribution in [3.8, 4) is 17.2 Å². The van der Waals surface area contributed by atoms with Crippen molar-refractivity contribution in [3.63, 3.8) is 0 Å². The summed E-state index contributed by atoms with van der Waals surface area (Å²) < 4.78 is 0.590. The first kappa shape index (κ1) is 27.6. The number of hydrogen-bond donors (Lipinski definition) is 1. The second-order valence-electron chi connectivity index (χ2n) is 9.50. The van der Waals surface area contributed by atoms with Gasteiger partial charge in [0.1, 0.15) is 6.07 Å². The molecule has 1 N–H and O–H groups in total. The van der Waals surface area contributed by atoms with Crippen molar-refractivity contribution in [2.24, 2.45) is 0 Å². The highest BCUT2D eigenvalue weighted by Gasteiger charge is 2.24. The monoisotopic (exact) mass is 576 g/mol. The lowest BCUT2D eigenvalue weighted by atomic mass is 10.0. The number of benzene rings is 1. The van der Waals surface area contributed by atoms with Crippen LogP contribution in [0.5, 0.6) is 0 Å². The number of pyridine rings is 1. The molecule has 1 aromatic carbocycles. The molecule has 2 aromatic heterocycles. The van der Waals surface area contributed by atoms with Crippen molar-refractivity contribution in [1.82, 2.24) is 30.2 Å². The summed E-state index contributed by atoms with van der Waals surface area (Å²) in [6, 6.07) is 12.3. The molecule has 1 aliphatic rings. The quantitative estimate of drug-likeness (QED) is 0.377. The minimum Gasteiger partial charge on any atom is -0.304 e. The minimum atomic E-state index is -0.304. The number of nitrogens with zero attached hydrogens (tertiary/aromatic N) is 7. The van der Waals surface area contributed by atoms with E-state index in [2.05, 4.69) is 77.4 Å². The third-order valence-corrected chi connectivity index (χ3v) is 7.43. The first-order chi connectivity index (χ1) is 18.4. The Balaban J connectivity index is 1.51. The van der Waals surface area contributed by atoms with E-state index >= 15 is 0 Å². The molecule has 38 heavy (non-hydrogen) atoms. The van der Waals surface area contributed by atoms with Gasteiger partial charge in [-0.3, -0.25) is 25.1 Å². The Morgan fingerprint density at radius 1 is 1.11 bits per heavy atom. The molecule has 4 rings (SSSR count). The fourth-order valence-electron chi connectivity index (χ4n) is 4.51. The van der Waals surface area contributed by atoms with E-state index < -0.39 is 0 Å². The van der Waals surface area contributed by atoms with E-state index in [-0.39, 0.29) is 17.8 Å². The summed E-state index contributed by atoms with van der Waals surface area (Å²) in [6.07, 6.45) is 6.40. The maximum absolute atomic E-state index is 13.4. The van der Waals surface area contributed by atoms with Gasteiger partial charge in [-0.2, -0.15) is 10.2 Å². The molecule has 10 heteroatoms. The van der Waals surface area contributed by atoms with E-state index in [9.17, 15) is 10.1 Å². The zero-order valence-corrected chi connectivity index (χ0v) is 23.6. The molecule has 0 radical (unpaired) electrons. The molecule has 198 valence electrons. The van der Waals surface area contributed by atoms with Crippen LogP contribution >= 0.6 is 15.9 Å². The number of nitrogens with one attached hydrogen (secondary N) is 1. The zero-order valence-electron chi connectivity index (χ0n) is 22.1. The average Bonchev–Trinajstić information content (AvgIpc) is 2.95. The van der Waals surface area contributed by atoms with Crippen LogP contribution in [0.1, 0.15) is 48.4 Å². The normalized spacial score (nSPS) is 14.3. The number of anilines is 1. The molecule has 0 atom stereocenters. The molecular formula is C28H33BrN8O. The summed E-state index contributed by atoms with van der Waals surface area (Å²) in [5, 5.41) is 11.0. The largest absolute Gasteiger partial charge is 0.304 e. The fraction of sp³-hybridized carbons (Fsp3) is 0.393. The van der Waals surface area contributed by atoms with Crippen molar-refractivity contribution in [1.29, 1.82) is 5.26 Å². The van der Waals surface area contributed by atoms with Gasteiger partial charge in [0, 0.05) is 56.9 Å². The van der Waals surface area contributed by atoms with Crippen LogP contribution in [0.15, 0.2) is 53.4 Å². The molecule has 0 bridgehead atoms. The van der Waals surface area contributed by atoms with E-state index in [1.54, 1.807) is 17.4 Å². The maximum atomic E-state index is 13.4. The number of hydrazine groups is 1. The van der Waals surface area contributed by atoms with Gasteiger partial charge in [-0.25, -0.2) is 4.98 Å². The fourth-order valence-corrected chi connectivity index (χ4v) is 4.90. The number of likely N-dealkylation sites (N-methyl/N-ethyl adjacent to an activating group) is 1. The average molecular weight is 578 g/mol. The van der Waals surface area contributed by atoms with Gasteiger partial charge in [-0.15, -0.1) is 0 Å². The van der Waals surface area contributed by atoms with Crippen LogP contribution in [0.25, 0.3) is 11.1 Å². The van der Waals surface area contributed by atoms with Crippen LogP contribution in [-0.2, 0) is 6.54 Å². The van der Waals surface area contributed by atoms with E-state index in [0.29, 0.717) is 15.9 Å². The van der Waals surface area contributed by atoms with Crippen molar-refractivity contribution in [2.75, 3.05) is 38.2 Å². The molecule has 3 aromatic rings. The van der Waals surface area contributed by atoms with Crippen LogP contribution in [0.3, 0.4) is 0 Å². The van der Waals surface area contributed by atoms with Crippen molar-refractivity contribution in [2.45, 2.75) is 39.3 Å². The summed E-state index contributed by atoms with van der Waals surface area (Å²) in [5.41, 5.74) is 6.57. The first-order valence-corrected chi connectivity index (χ1v) is 13.7. The lowest BCUT2D eigenvalue weighted by Gasteiger charge is -2.32. The molecule has 1 aliphatic heterocycles. The SMILES string of the molecule is CCC(CC)N(NC(=O)c1cncc(-c2ccc(CN3CCN(C)CC3)cc2)c1)c1nc(C#N)ncc1Br. The topological polar surface area (TPSA) is 101 Å². The summed E-state index contributed by atoms with van der Waals surface area (Å²) >= 11 is 3.47. The number of piperazine rings is 1. The lowest BCUT2D eigenvalue weighted by Crippen LogP contribution is -2.49. The van der Waals surface area contributed by atoms with Crippen molar-refractivity contribution >= 4 is 27.7 Å². The number of carbonyl (C=O) groups is 1. The Morgan fingerprint density at radius 3 is 2.47 bits per heavy atom. The Kier molecular flexibility index (Phi) is 9.39. The Labute approximate surface area is 232 Å². The summed E-state index contributed by atoms with van der Waals surface area (Å²) in [6.45, 7) is 9.38. The lowest BCUT2D eigenvalue weighted by molar-refractivity contribution is 0.0942. The number of hydrogen-bond acceptors (Lipinski definition) is 8. The molecule has 0 aliphatic carbocycles. The number of amides is 1. The highest BCUT2D eigenvalue weighted by atomic mass is 79.9. The van der Waals surface area contributed by atoms with Gasteiger partial charge in [-0.05, 0) is 53.0 Å². The third kappa shape index (κ3) is 6.72. The Morgan fingerprint density at radius 2 is 1.82 bits per heavy atom. The van der Waals surface area contributed by atoms with Crippen molar-refractivity contribution in [3.05, 3.63) is 70.3 Å². The number of halogens is 1. The van der Waals surface area contributed by atoms with Crippen LogP contribution in [0, 0.1) is 11.3 Å². The summed E-state index contributed by atoms with van der Waals surface area (Å²) in [5.74, 6) is 0.175. The summed E-state index contributed by atoms with van der Waals surface area (Å²) in [4.78, 5) is 30.9. The third-order valence-electron chi connectivity index (χ3n) is 6.87. The summed E-state index contributed by atoms with van der Waals surface area (Å²) in [7, 11) is 2.16. The standard InChI is InChI=1S/C28H33BrN8O/c1-4-24(5-2)37(27-25(29)18-32-26(15-30)33-27)34-28(38)23-14-22(16-31-17-23)21-8-6-20(7-9-21)19-36-12-10-35(3)11-13-36/h6-9,14,16-18,24H,4-5,10-13,19H2,1-3H3,(H,34,38). The van der Waals surface area contributed by atoms with Gasteiger partial charge in [0.05, 0.1) is 16.1 Å². The second kappa shape index (κ2) is 12.9. The van der Waals surface area contributed by atoms with Gasteiger partial charge in [0.25, 0.3) is 5.91 Å². The molecule has 0 spiro atoms. The predicted octanol–water partition coefficient (Wildman–Crippen LogP) is 4.26. The highest BCUT2D eigenvalue weighted by Crippen LogP contribution is 2.26. The smallest absolute Gasteiger partial charge is 0.271 e. The molecule has 1 saturated heterocycles. The van der Waals surface area contributed by atoms with Crippen molar-refractivity contribution < 1.29 is 4.79 Å². The van der Waals surface area contributed by atoms with Gasteiger partial charge in [-0.1, -0.05) is 38.1 Å². The van der Waals surface area contributed by atoms with Crippen LogP contribution in [0.4, 0.5) is 5.82 Å².